The average molecular weight is 229 g/mol. The van der Waals surface area contributed by atoms with Crippen LogP contribution in [-0.2, 0) is 6.54 Å². The lowest BCUT2D eigenvalue weighted by atomic mass is 10.1. The Morgan fingerprint density at radius 3 is 2.82 bits per heavy atom. The molecule has 0 atom stereocenters. The molecule has 1 aromatic carbocycles. The van der Waals surface area contributed by atoms with Crippen LogP contribution < -0.4 is 4.74 Å². The number of aromatic nitrogens is 1. The predicted octanol–water partition coefficient (Wildman–Crippen LogP) is 2.67. The molecule has 0 bridgehead atoms. The minimum atomic E-state index is 0.691. The van der Waals surface area contributed by atoms with E-state index in [9.17, 15) is 4.79 Å². The standard InChI is InChI=1S/C14H15NO2/c1-11-3-4-14(17-2)13(7-11)9-15-6-5-12(8-15)10-16/h3-8,10H,9H2,1-2H3. The first-order valence-corrected chi connectivity index (χ1v) is 5.47. The fraction of sp³-hybridized carbons (Fsp3) is 0.214. The van der Waals surface area contributed by atoms with Gasteiger partial charge in [0.05, 0.1) is 13.7 Å². The number of hydrogen-bond donors (Lipinski definition) is 0. The maximum absolute atomic E-state index is 10.6. The van der Waals surface area contributed by atoms with Crippen molar-refractivity contribution in [1.29, 1.82) is 0 Å². The van der Waals surface area contributed by atoms with E-state index in [0.717, 1.165) is 17.6 Å². The molecule has 0 N–H and O–H groups in total. The Bertz CT molecular complexity index is 529. The van der Waals surface area contributed by atoms with Crippen LogP contribution in [0.2, 0.25) is 0 Å². The molecule has 3 heteroatoms. The lowest BCUT2D eigenvalue weighted by Crippen LogP contribution is -2.00. The lowest BCUT2D eigenvalue weighted by molar-refractivity contribution is 0.112. The van der Waals surface area contributed by atoms with Gasteiger partial charge in [0.2, 0.25) is 0 Å². The molecule has 1 heterocycles. The summed E-state index contributed by atoms with van der Waals surface area (Å²) in [6.07, 6.45) is 4.57. The zero-order chi connectivity index (χ0) is 12.3. The maximum atomic E-state index is 10.6. The molecule has 17 heavy (non-hydrogen) atoms. The number of aldehydes is 1. The largest absolute Gasteiger partial charge is 0.496 e. The van der Waals surface area contributed by atoms with Crippen molar-refractivity contribution in [3.63, 3.8) is 0 Å². The fourth-order valence-corrected chi connectivity index (χ4v) is 1.86. The molecule has 2 aromatic rings. The first kappa shape index (κ1) is 11.5. The molecule has 0 radical (unpaired) electrons. The van der Waals surface area contributed by atoms with Crippen LogP contribution in [-0.4, -0.2) is 18.0 Å². The molecule has 0 saturated carbocycles. The number of carbonyl (C=O) groups is 1. The van der Waals surface area contributed by atoms with Crippen LogP contribution in [0.25, 0.3) is 0 Å². The number of nitrogens with zero attached hydrogens (tertiary/aromatic N) is 1. The molecule has 88 valence electrons. The molecule has 0 aliphatic heterocycles. The van der Waals surface area contributed by atoms with Crippen molar-refractivity contribution >= 4 is 6.29 Å². The van der Waals surface area contributed by atoms with Gasteiger partial charge in [-0.1, -0.05) is 17.7 Å². The van der Waals surface area contributed by atoms with E-state index in [-0.39, 0.29) is 0 Å². The van der Waals surface area contributed by atoms with E-state index in [1.54, 1.807) is 13.2 Å². The second kappa shape index (κ2) is 4.87. The number of aryl methyl sites for hydroxylation is 1. The lowest BCUT2D eigenvalue weighted by Gasteiger charge is -2.10. The molecule has 0 spiro atoms. The summed E-state index contributed by atoms with van der Waals surface area (Å²) < 4.78 is 7.30. The number of benzene rings is 1. The van der Waals surface area contributed by atoms with Crippen LogP contribution in [0, 0.1) is 6.92 Å². The summed E-state index contributed by atoms with van der Waals surface area (Å²) in [5, 5.41) is 0. The van der Waals surface area contributed by atoms with Gasteiger partial charge < -0.3 is 9.30 Å². The Morgan fingerprint density at radius 1 is 1.35 bits per heavy atom. The van der Waals surface area contributed by atoms with Crippen molar-refractivity contribution in [3.05, 3.63) is 53.3 Å². The Balaban J connectivity index is 2.28. The quantitative estimate of drug-likeness (QED) is 0.755. The fourth-order valence-electron chi connectivity index (χ4n) is 1.86. The third-order valence-electron chi connectivity index (χ3n) is 2.70. The van der Waals surface area contributed by atoms with Gasteiger partial charge in [-0.15, -0.1) is 0 Å². The van der Waals surface area contributed by atoms with Gasteiger partial charge in [0, 0.05) is 23.5 Å². The second-order valence-corrected chi connectivity index (χ2v) is 4.05. The normalized spacial score (nSPS) is 10.2. The third-order valence-corrected chi connectivity index (χ3v) is 2.70. The number of carbonyl (C=O) groups excluding carboxylic acids is 1. The summed E-state index contributed by atoms with van der Waals surface area (Å²) in [5.41, 5.74) is 3.00. The third kappa shape index (κ3) is 2.56. The van der Waals surface area contributed by atoms with Crippen LogP contribution in [0.15, 0.2) is 36.7 Å². The molecule has 1 aromatic heterocycles. The highest BCUT2D eigenvalue weighted by molar-refractivity contribution is 5.74. The molecule has 0 aliphatic rings. The minimum absolute atomic E-state index is 0.691. The highest BCUT2D eigenvalue weighted by atomic mass is 16.5. The van der Waals surface area contributed by atoms with Crippen LogP contribution >= 0.6 is 0 Å². The van der Waals surface area contributed by atoms with Gasteiger partial charge in [-0.25, -0.2) is 0 Å². The SMILES string of the molecule is COc1ccc(C)cc1Cn1ccc(C=O)c1. The van der Waals surface area contributed by atoms with Crippen molar-refractivity contribution in [2.75, 3.05) is 7.11 Å². The van der Waals surface area contributed by atoms with E-state index in [1.165, 1.54) is 5.56 Å². The number of ether oxygens (including phenoxy) is 1. The van der Waals surface area contributed by atoms with Crippen molar-refractivity contribution in [2.24, 2.45) is 0 Å². The van der Waals surface area contributed by atoms with Crippen LogP contribution in [0.4, 0.5) is 0 Å². The summed E-state index contributed by atoms with van der Waals surface area (Å²) in [7, 11) is 1.67. The van der Waals surface area contributed by atoms with Crippen molar-refractivity contribution in [3.8, 4) is 5.75 Å². The number of rotatable bonds is 4. The monoisotopic (exact) mass is 229 g/mol. The summed E-state index contributed by atoms with van der Waals surface area (Å²) >= 11 is 0. The predicted molar refractivity (Wildman–Crippen MR) is 66.7 cm³/mol. The molecule has 2 rings (SSSR count). The van der Waals surface area contributed by atoms with Crippen molar-refractivity contribution < 1.29 is 9.53 Å². The Morgan fingerprint density at radius 2 is 2.18 bits per heavy atom. The van der Waals surface area contributed by atoms with E-state index >= 15 is 0 Å². The molecule has 0 saturated heterocycles. The average Bonchev–Trinajstić information content (AvgIpc) is 2.77. The van der Waals surface area contributed by atoms with Crippen LogP contribution in [0.3, 0.4) is 0 Å². The number of hydrogen-bond acceptors (Lipinski definition) is 2. The topological polar surface area (TPSA) is 31.2 Å². The molecular formula is C14H15NO2. The highest BCUT2D eigenvalue weighted by Crippen LogP contribution is 2.20. The maximum Gasteiger partial charge on any atom is 0.151 e. The van der Waals surface area contributed by atoms with Crippen molar-refractivity contribution in [1.82, 2.24) is 4.57 Å². The Hall–Kier alpha value is -2.03. The van der Waals surface area contributed by atoms with Crippen LogP contribution in [0.1, 0.15) is 21.5 Å². The zero-order valence-electron chi connectivity index (χ0n) is 10.0. The molecule has 0 aliphatic carbocycles. The van der Waals surface area contributed by atoms with Gasteiger partial charge in [-0.05, 0) is 19.1 Å². The van der Waals surface area contributed by atoms with Gasteiger partial charge in [-0.3, -0.25) is 4.79 Å². The van der Waals surface area contributed by atoms with E-state index in [1.807, 2.05) is 29.1 Å². The van der Waals surface area contributed by atoms with Crippen molar-refractivity contribution in [2.45, 2.75) is 13.5 Å². The van der Waals surface area contributed by atoms with Gasteiger partial charge in [0.1, 0.15) is 5.75 Å². The minimum Gasteiger partial charge on any atom is -0.496 e. The van der Waals surface area contributed by atoms with E-state index in [0.29, 0.717) is 12.1 Å². The molecule has 0 amide bonds. The molecule has 0 unspecified atom stereocenters. The molecule has 0 fully saturated rings. The number of methoxy groups -OCH3 is 1. The summed E-state index contributed by atoms with van der Waals surface area (Å²) in [4.78, 5) is 10.6. The first-order chi connectivity index (χ1) is 8.22. The van der Waals surface area contributed by atoms with E-state index in [2.05, 4.69) is 13.0 Å². The summed E-state index contributed by atoms with van der Waals surface area (Å²) in [6, 6.07) is 7.89. The van der Waals surface area contributed by atoms with Gasteiger partial charge in [0.15, 0.2) is 6.29 Å². The summed E-state index contributed by atoms with van der Waals surface area (Å²) in [5.74, 6) is 0.872. The first-order valence-electron chi connectivity index (χ1n) is 5.47. The van der Waals surface area contributed by atoms with Crippen LogP contribution in [0.5, 0.6) is 5.75 Å². The van der Waals surface area contributed by atoms with E-state index in [4.69, 9.17) is 4.74 Å². The smallest absolute Gasteiger partial charge is 0.151 e. The van der Waals surface area contributed by atoms with E-state index < -0.39 is 0 Å². The zero-order valence-corrected chi connectivity index (χ0v) is 10.0. The summed E-state index contributed by atoms with van der Waals surface area (Å²) in [6.45, 7) is 2.76. The second-order valence-electron chi connectivity index (χ2n) is 4.05. The molecule has 3 nitrogen and oxygen atoms in total. The highest BCUT2D eigenvalue weighted by Gasteiger charge is 2.04. The molecular weight excluding hydrogens is 214 g/mol. The Labute approximate surface area is 101 Å². The van der Waals surface area contributed by atoms with Gasteiger partial charge in [0.25, 0.3) is 0 Å². The van der Waals surface area contributed by atoms with Gasteiger partial charge in [-0.2, -0.15) is 0 Å². The Kier molecular flexibility index (Phi) is 3.28. The van der Waals surface area contributed by atoms with Gasteiger partial charge >= 0.3 is 0 Å².